The predicted molar refractivity (Wildman–Crippen MR) is 128 cm³/mol. The summed E-state index contributed by atoms with van der Waals surface area (Å²) in [5.41, 5.74) is 5.01. The molecule has 4 heterocycles. The number of fused-ring (bicyclic) bond motifs is 1. The predicted octanol–water partition coefficient (Wildman–Crippen LogP) is 4.15. The number of hydrogen-bond donors (Lipinski definition) is 0. The van der Waals surface area contributed by atoms with Gasteiger partial charge in [0.1, 0.15) is 5.82 Å². The maximum atomic E-state index is 13.5. The molecule has 7 nitrogen and oxygen atoms in total. The molecule has 7 heteroatoms. The Labute approximate surface area is 195 Å². The van der Waals surface area contributed by atoms with Gasteiger partial charge < -0.3 is 9.80 Å². The number of carbonyl (C=O) groups is 1. The molecule has 3 aromatic rings. The lowest BCUT2D eigenvalue weighted by molar-refractivity contribution is 0.0598. The zero-order valence-corrected chi connectivity index (χ0v) is 19.8. The lowest BCUT2D eigenvalue weighted by Crippen LogP contribution is -2.40. The van der Waals surface area contributed by atoms with E-state index in [2.05, 4.69) is 47.3 Å². The first-order valence-electron chi connectivity index (χ1n) is 12.0. The van der Waals surface area contributed by atoms with Crippen molar-refractivity contribution in [2.75, 3.05) is 18.0 Å². The van der Waals surface area contributed by atoms with E-state index in [9.17, 15) is 4.79 Å². The molecule has 5 rings (SSSR count). The number of anilines is 1. The number of aryl methyl sites for hydroxylation is 3. The van der Waals surface area contributed by atoms with E-state index < -0.39 is 0 Å². The maximum absolute atomic E-state index is 13.5. The lowest BCUT2D eigenvalue weighted by Gasteiger charge is -2.36. The number of likely N-dealkylation sites (tertiary alicyclic amines) is 1. The van der Waals surface area contributed by atoms with Gasteiger partial charge in [-0.2, -0.15) is 5.10 Å². The Kier molecular flexibility index (Phi) is 5.87. The van der Waals surface area contributed by atoms with Gasteiger partial charge in [0.05, 0.1) is 17.3 Å². The van der Waals surface area contributed by atoms with Gasteiger partial charge in [0.2, 0.25) is 0 Å². The van der Waals surface area contributed by atoms with Crippen molar-refractivity contribution in [2.24, 2.45) is 7.05 Å². The number of piperidine rings is 1. The fourth-order valence-electron chi connectivity index (χ4n) is 5.22. The molecule has 0 saturated carbocycles. The Hall–Kier alpha value is -3.22. The molecule has 0 N–H and O–H groups in total. The van der Waals surface area contributed by atoms with Gasteiger partial charge >= 0.3 is 0 Å². The molecule has 0 bridgehead atoms. The van der Waals surface area contributed by atoms with Crippen LogP contribution in [0.15, 0.2) is 36.5 Å². The summed E-state index contributed by atoms with van der Waals surface area (Å²) in [6.07, 6.45) is 6.91. The fourth-order valence-corrected chi connectivity index (χ4v) is 5.22. The Morgan fingerprint density at radius 1 is 1.03 bits per heavy atom. The van der Waals surface area contributed by atoms with E-state index in [-0.39, 0.29) is 11.9 Å². The van der Waals surface area contributed by atoms with E-state index in [0.717, 1.165) is 74.8 Å². The van der Waals surface area contributed by atoms with Crippen LogP contribution in [0.3, 0.4) is 0 Å². The number of amides is 1. The Bertz CT molecular complexity index is 1160. The summed E-state index contributed by atoms with van der Waals surface area (Å²) in [7, 11) is 1.86. The van der Waals surface area contributed by atoms with Gasteiger partial charge in [-0.3, -0.25) is 9.48 Å². The summed E-state index contributed by atoms with van der Waals surface area (Å²) < 4.78 is 1.71. The van der Waals surface area contributed by atoms with Crippen LogP contribution in [0.25, 0.3) is 0 Å². The van der Waals surface area contributed by atoms with E-state index >= 15 is 0 Å². The van der Waals surface area contributed by atoms with Crippen molar-refractivity contribution in [3.63, 3.8) is 0 Å². The fraction of sp³-hybridized carbons (Fsp3) is 0.462. The molecule has 33 heavy (non-hydrogen) atoms. The molecule has 0 radical (unpaired) electrons. The van der Waals surface area contributed by atoms with Crippen LogP contribution < -0.4 is 4.90 Å². The normalized spacial score (nSPS) is 18.3. The number of benzene rings is 1. The third-order valence-electron chi connectivity index (χ3n) is 6.89. The summed E-state index contributed by atoms with van der Waals surface area (Å²) in [4.78, 5) is 27.9. The first-order valence-corrected chi connectivity index (χ1v) is 12.0. The van der Waals surface area contributed by atoms with E-state index in [1.165, 1.54) is 11.1 Å². The van der Waals surface area contributed by atoms with Crippen LogP contribution >= 0.6 is 0 Å². The highest BCUT2D eigenvalue weighted by atomic mass is 16.2. The van der Waals surface area contributed by atoms with Crippen molar-refractivity contribution in [3.8, 4) is 0 Å². The minimum absolute atomic E-state index is 0.0328. The summed E-state index contributed by atoms with van der Waals surface area (Å²) in [5.74, 6) is 1.86. The van der Waals surface area contributed by atoms with Crippen molar-refractivity contribution in [1.82, 2.24) is 24.6 Å². The van der Waals surface area contributed by atoms with Crippen molar-refractivity contribution in [1.29, 1.82) is 0 Å². The molecular formula is C26H32N6O. The molecule has 1 amide bonds. The third-order valence-corrected chi connectivity index (χ3v) is 6.89. The molecule has 0 unspecified atom stereocenters. The average Bonchev–Trinajstić information content (AvgIpc) is 3.17. The Morgan fingerprint density at radius 3 is 2.61 bits per heavy atom. The van der Waals surface area contributed by atoms with Crippen LogP contribution in [0.4, 0.5) is 5.82 Å². The maximum Gasteiger partial charge on any atom is 0.257 e. The SMILES string of the molecule is Cc1nn(C)cc1C(=O)N1CCCC[C@@H]1c1nc(C)c2c(n1)N(Cc1ccccc1)CCC2. The Morgan fingerprint density at radius 2 is 1.85 bits per heavy atom. The molecule has 1 atom stereocenters. The summed E-state index contributed by atoms with van der Waals surface area (Å²) in [5, 5.41) is 4.38. The van der Waals surface area contributed by atoms with Crippen LogP contribution in [0.5, 0.6) is 0 Å². The van der Waals surface area contributed by atoms with Gasteiger partial charge in [-0.1, -0.05) is 30.3 Å². The van der Waals surface area contributed by atoms with Gasteiger partial charge in [-0.05, 0) is 51.5 Å². The van der Waals surface area contributed by atoms with Crippen LogP contribution in [-0.2, 0) is 20.0 Å². The lowest BCUT2D eigenvalue weighted by atomic mass is 9.98. The minimum Gasteiger partial charge on any atom is -0.352 e. The van der Waals surface area contributed by atoms with E-state index in [1.807, 2.05) is 25.1 Å². The molecule has 2 aliphatic heterocycles. The second kappa shape index (κ2) is 8.96. The number of aromatic nitrogens is 4. The first kappa shape index (κ1) is 21.6. The van der Waals surface area contributed by atoms with Gasteiger partial charge in [0, 0.05) is 44.1 Å². The zero-order valence-electron chi connectivity index (χ0n) is 19.8. The molecule has 172 valence electrons. The summed E-state index contributed by atoms with van der Waals surface area (Å²) >= 11 is 0. The van der Waals surface area contributed by atoms with Crippen LogP contribution in [0, 0.1) is 13.8 Å². The molecule has 2 aromatic heterocycles. The number of nitrogens with zero attached hydrogens (tertiary/aromatic N) is 6. The van der Waals surface area contributed by atoms with Crippen molar-refractivity contribution >= 4 is 11.7 Å². The minimum atomic E-state index is -0.102. The molecule has 0 spiro atoms. The summed E-state index contributed by atoms with van der Waals surface area (Å²) in [6.45, 7) is 6.54. The van der Waals surface area contributed by atoms with E-state index in [1.54, 1.807) is 4.68 Å². The average molecular weight is 445 g/mol. The van der Waals surface area contributed by atoms with Gasteiger partial charge in [0.25, 0.3) is 5.91 Å². The first-order chi connectivity index (χ1) is 16.0. The second-order valence-electron chi connectivity index (χ2n) is 9.29. The van der Waals surface area contributed by atoms with Gasteiger partial charge in [-0.25, -0.2) is 9.97 Å². The highest BCUT2D eigenvalue weighted by Gasteiger charge is 2.33. The monoisotopic (exact) mass is 444 g/mol. The van der Waals surface area contributed by atoms with Gasteiger partial charge in [0.15, 0.2) is 5.82 Å². The van der Waals surface area contributed by atoms with Crippen molar-refractivity contribution in [2.45, 2.75) is 58.5 Å². The van der Waals surface area contributed by atoms with Crippen LogP contribution in [0.1, 0.15) is 70.4 Å². The third kappa shape index (κ3) is 4.24. The standard InChI is InChI=1S/C26H32N6O/c1-18-21-12-9-14-31(16-20-10-5-4-6-11-20)25(21)28-24(27-18)23-13-7-8-15-32(23)26(33)22-17-30(3)29-19(22)2/h4-6,10-11,17,23H,7-9,12-16H2,1-3H3/t23-/m1/s1. The highest BCUT2D eigenvalue weighted by Crippen LogP contribution is 2.35. The van der Waals surface area contributed by atoms with Crippen LogP contribution in [-0.4, -0.2) is 43.6 Å². The van der Waals surface area contributed by atoms with E-state index in [4.69, 9.17) is 9.97 Å². The van der Waals surface area contributed by atoms with Gasteiger partial charge in [-0.15, -0.1) is 0 Å². The van der Waals surface area contributed by atoms with Crippen molar-refractivity contribution < 1.29 is 4.79 Å². The number of rotatable bonds is 4. The molecule has 1 aromatic carbocycles. The molecule has 1 saturated heterocycles. The molecular weight excluding hydrogens is 412 g/mol. The summed E-state index contributed by atoms with van der Waals surface area (Å²) in [6, 6.07) is 10.5. The zero-order chi connectivity index (χ0) is 22.9. The molecule has 0 aliphatic carbocycles. The van der Waals surface area contributed by atoms with E-state index in [0.29, 0.717) is 5.56 Å². The largest absolute Gasteiger partial charge is 0.352 e. The molecule has 2 aliphatic rings. The quantitative estimate of drug-likeness (QED) is 0.605. The van der Waals surface area contributed by atoms with Crippen LogP contribution in [0.2, 0.25) is 0 Å². The molecule has 1 fully saturated rings. The number of hydrogen-bond acceptors (Lipinski definition) is 5. The topological polar surface area (TPSA) is 67.2 Å². The second-order valence-corrected chi connectivity index (χ2v) is 9.29. The Balaban J connectivity index is 1.49. The number of carbonyl (C=O) groups excluding carboxylic acids is 1. The highest BCUT2D eigenvalue weighted by molar-refractivity contribution is 5.95. The smallest absolute Gasteiger partial charge is 0.257 e. The van der Waals surface area contributed by atoms with Crippen molar-refractivity contribution in [3.05, 3.63) is 70.4 Å².